The Morgan fingerprint density at radius 2 is 1.70 bits per heavy atom. The molecule has 1 N–H and O–H groups in total. The highest BCUT2D eigenvalue weighted by Gasteiger charge is 2.22. The number of ether oxygens (including phenoxy) is 1. The fourth-order valence-electron chi connectivity index (χ4n) is 2.92. The van der Waals surface area contributed by atoms with Crippen LogP contribution in [0.3, 0.4) is 0 Å². The first-order valence-corrected chi connectivity index (χ1v) is 7.74. The molecule has 112 valence electrons. The fraction of sp³-hybridized carbons (Fsp3) is 0.647. The highest BCUT2D eigenvalue weighted by atomic mass is 16.5. The monoisotopic (exact) mass is 276 g/mol. The van der Waals surface area contributed by atoms with E-state index in [1.165, 1.54) is 31.5 Å². The summed E-state index contributed by atoms with van der Waals surface area (Å²) >= 11 is 0. The van der Waals surface area contributed by atoms with Crippen LogP contribution in [0.5, 0.6) is 5.75 Å². The minimum atomic E-state index is 0.400. The number of rotatable bonds is 5. The minimum Gasteiger partial charge on any atom is -0.497 e. The van der Waals surface area contributed by atoms with Crippen molar-refractivity contribution in [3.05, 3.63) is 29.8 Å². The number of nitrogens with zero attached hydrogens (tertiary/aromatic N) is 1. The van der Waals surface area contributed by atoms with Gasteiger partial charge >= 0.3 is 0 Å². The minimum absolute atomic E-state index is 0.400. The number of piperidine rings is 1. The van der Waals surface area contributed by atoms with Crippen LogP contribution in [-0.4, -0.2) is 37.2 Å². The van der Waals surface area contributed by atoms with Gasteiger partial charge in [0.05, 0.1) is 7.11 Å². The average Bonchev–Trinajstić information content (AvgIpc) is 2.48. The number of nitrogens with one attached hydrogen (secondary N) is 1. The average molecular weight is 276 g/mol. The largest absolute Gasteiger partial charge is 0.497 e. The lowest BCUT2D eigenvalue weighted by Crippen LogP contribution is -2.45. The van der Waals surface area contributed by atoms with Gasteiger partial charge in [-0.1, -0.05) is 12.1 Å². The highest BCUT2D eigenvalue weighted by Crippen LogP contribution is 2.20. The number of likely N-dealkylation sites (tertiary alicyclic amines) is 1. The topological polar surface area (TPSA) is 24.5 Å². The van der Waals surface area contributed by atoms with Crippen LogP contribution in [0.4, 0.5) is 0 Å². The molecule has 1 aromatic rings. The Bertz CT molecular complexity index is 394. The molecule has 1 saturated heterocycles. The van der Waals surface area contributed by atoms with Crippen molar-refractivity contribution in [2.75, 3.05) is 20.2 Å². The molecule has 0 unspecified atom stereocenters. The zero-order chi connectivity index (χ0) is 14.5. The normalized spacial score (nSPS) is 19.2. The smallest absolute Gasteiger partial charge is 0.118 e. The zero-order valence-corrected chi connectivity index (χ0v) is 13.2. The van der Waals surface area contributed by atoms with Crippen molar-refractivity contribution >= 4 is 0 Å². The van der Waals surface area contributed by atoms with Gasteiger partial charge in [0.15, 0.2) is 0 Å². The van der Waals surface area contributed by atoms with E-state index in [-0.39, 0.29) is 0 Å². The maximum absolute atomic E-state index is 5.21. The first-order valence-electron chi connectivity index (χ1n) is 7.74. The third-order valence-electron chi connectivity index (χ3n) is 4.36. The van der Waals surface area contributed by atoms with Crippen molar-refractivity contribution < 1.29 is 4.74 Å². The van der Waals surface area contributed by atoms with E-state index >= 15 is 0 Å². The van der Waals surface area contributed by atoms with E-state index in [1.807, 2.05) is 12.1 Å². The third-order valence-corrected chi connectivity index (χ3v) is 4.36. The number of hydrogen-bond donors (Lipinski definition) is 1. The molecule has 20 heavy (non-hydrogen) atoms. The van der Waals surface area contributed by atoms with Crippen LogP contribution in [0, 0.1) is 0 Å². The Labute approximate surface area is 123 Å². The Morgan fingerprint density at radius 1 is 1.10 bits per heavy atom. The van der Waals surface area contributed by atoms with Crippen LogP contribution in [0.15, 0.2) is 24.3 Å². The van der Waals surface area contributed by atoms with Gasteiger partial charge in [-0.3, -0.25) is 0 Å². The molecule has 0 radical (unpaired) electrons. The molecule has 1 heterocycles. The molecule has 1 atom stereocenters. The van der Waals surface area contributed by atoms with Crippen molar-refractivity contribution in [3.63, 3.8) is 0 Å². The van der Waals surface area contributed by atoms with E-state index in [9.17, 15) is 0 Å². The molecule has 1 aliphatic rings. The molecule has 3 nitrogen and oxygen atoms in total. The van der Waals surface area contributed by atoms with Crippen LogP contribution in [-0.2, 0) is 0 Å². The summed E-state index contributed by atoms with van der Waals surface area (Å²) in [7, 11) is 1.71. The van der Waals surface area contributed by atoms with Crippen LogP contribution >= 0.6 is 0 Å². The molecule has 0 spiro atoms. The zero-order valence-electron chi connectivity index (χ0n) is 13.2. The van der Waals surface area contributed by atoms with Crippen molar-refractivity contribution in [3.8, 4) is 5.75 Å². The first-order chi connectivity index (χ1) is 9.60. The molecule has 0 saturated carbocycles. The van der Waals surface area contributed by atoms with E-state index in [1.54, 1.807) is 7.11 Å². The summed E-state index contributed by atoms with van der Waals surface area (Å²) in [6, 6.07) is 10.1. The molecule has 0 amide bonds. The molecule has 3 heteroatoms. The summed E-state index contributed by atoms with van der Waals surface area (Å²) in [6.07, 6.45) is 2.50. The van der Waals surface area contributed by atoms with Crippen LogP contribution in [0.25, 0.3) is 0 Å². The lowest BCUT2D eigenvalue weighted by molar-refractivity contribution is 0.157. The maximum Gasteiger partial charge on any atom is 0.118 e. The van der Waals surface area contributed by atoms with Gasteiger partial charge in [0.2, 0.25) is 0 Å². The van der Waals surface area contributed by atoms with E-state index in [0.717, 1.165) is 5.75 Å². The second-order valence-corrected chi connectivity index (χ2v) is 6.07. The molecule has 1 fully saturated rings. The van der Waals surface area contributed by atoms with Crippen molar-refractivity contribution in [2.24, 2.45) is 0 Å². The summed E-state index contributed by atoms with van der Waals surface area (Å²) in [4.78, 5) is 2.57. The third kappa shape index (κ3) is 3.97. The SMILES string of the molecule is COc1ccc([C@@H](C)NC2CCN(C(C)C)CC2)cc1. The summed E-state index contributed by atoms with van der Waals surface area (Å²) in [6.45, 7) is 9.24. The molecule has 0 aliphatic carbocycles. The van der Waals surface area contributed by atoms with Gasteiger partial charge in [0.1, 0.15) is 5.75 Å². The Morgan fingerprint density at radius 3 is 2.20 bits per heavy atom. The second kappa shape index (κ2) is 7.09. The van der Waals surface area contributed by atoms with E-state index in [4.69, 9.17) is 4.74 Å². The van der Waals surface area contributed by atoms with Gasteiger partial charge in [0.25, 0.3) is 0 Å². The summed E-state index contributed by atoms with van der Waals surface area (Å²) in [5, 5.41) is 3.76. The van der Waals surface area contributed by atoms with Gasteiger partial charge in [0, 0.05) is 18.1 Å². The Hall–Kier alpha value is -1.06. The summed E-state index contributed by atoms with van der Waals surface area (Å²) in [5.74, 6) is 0.922. The van der Waals surface area contributed by atoms with Crippen LogP contribution in [0.1, 0.15) is 45.2 Å². The maximum atomic E-state index is 5.21. The van der Waals surface area contributed by atoms with Gasteiger partial charge in [-0.05, 0) is 64.4 Å². The summed E-state index contributed by atoms with van der Waals surface area (Å²) in [5.41, 5.74) is 1.33. The highest BCUT2D eigenvalue weighted by molar-refractivity contribution is 5.28. The van der Waals surface area contributed by atoms with E-state index in [0.29, 0.717) is 18.1 Å². The standard InChI is InChI=1S/C17H28N2O/c1-13(2)19-11-9-16(10-12-19)18-14(3)15-5-7-17(20-4)8-6-15/h5-8,13-14,16,18H,9-12H2,1-4H3/t14-/m1/s1. The van der Waals surface area contributed by atoms with Gasteiger partial charge in [-0.15, -0.1) is 0 Å². The van der Waals surface area contributed by atoms with Crippen LogP contribution < -0.4 is 10.1 Å². The lowest BCUT2D eigenvalue weighted by atomic mass is 10.0. The number of hydrogen-bond acceptors (Lipinski definition) is 3. The molecule has 1 aromatic carbocycles. The predicted octanol–water partition coefficient (Wildman–Crippen LogP) is 3.22. The molecule has 1 aliphatic heterocycles. The van der Waals surface area contributed by atoms with Crippen molar-refractivity contribution in [1.29, 1.82) is 0 Å². The molecule has 2 rings (SSSR count). The van der Waals surface area contributed by atoms with Gasteiger partial charge in [-0.25, -0.2) is 0 Å². The number of benzene rings is 1. The molecular weight excluding hydrogens is 248 g/mol. The van der Waals surface area contributed by atoms with Crippen molar-refractivity contribution in [2.45, 2.75) is 51.7 Å². The van der Waals surface area contributed by atoms with Crippen molar-refractivity contribution in [1.82, 2.24) is 10.2 Å². The molecular formula is C17H28N2O. The molecule has 0 aromatic heterocycles. The van der Waals surface area contributed by atoms with E-state index < -0.39 is 0 Å². The van der Waals surface area contributed by atoms with E-state index in [2.05, 4.69) is 43.1 Å². The fourth-order valence-corrected chi connectivity index (χ4v) is 2.92. The Balaban J connectivity index is 1.84. The predicted molar refractivity (Wildman–Crippen MR) is 84.3 cm³/mol. The van der Waals surface area contributed by atoms with Crippen LogP contribution in [0.2, 0.25) is 0 Å². The Kier molecular flexibility index (Phi) is 5.44. The second-order valence-electron chi connectivity index (χ2n) is 6.07. The summed E-state index contributed by atoms with van der Waals surface area (Å²) < 4.78 is 5.21. The lowest BCUT2D eigenvalue weighted by Gasteiger charge is -2.36. The number of methoxy groups -OCH3 is 1. The molecule has 0 bridgehead atoms. The quantitative estimate of drug-likeness (QED) is 0.893. The van der Waals surface area contributed by atoms with Gasteiger partial charge in [-0.2, -0.15) is 0 Å². The first kappa shape index (κ1) is 15.3. The van der Waals surface area contributed by atoms with Gasteiger partial charge < -0.3 is 15.0 Å².